The van der Waals surface area contributed by atoms with Crippen LogP contribution >= 0.6 is 11.6 Å². The Morgan fingerprint density at radius 1 is 1.27 bits per heavy atom. The van der Waals surface area contributed by atoms with Gasteiger partial charge in [-0.05, 0) is 43.3 Å². The molecule has 0 spiro atoms. The third-order valence-corrected chi connectivity index (χ3v) is 3.81. The number of rotatable bonds is 5. The molecule has 1 amide bonds. The van der Waals surface area contributed by atoms with E-state index in [9.17, 15) is 14.3 Å². The summed E-state index contributed by atoms with van der Waals surface area (Å²) in [7, 11) is 0. The first-order chi connectivity index (χ1) is 12.3. The maximum atomic E-state index is 14.1. The number of benzene rings is 2. The minimum absolute atomic E-state index is 0.0712. The van der Waals surface area contributed by atoms with Crippen molar-refractivity contribution in [1.82, 2.24) is 0 Å². The van der Waals surface area contributed by atoms with Gasteiger partial charge in [0, 0.05) is 0 Å². The topological polar surface area (TPSA) is 106 Å². The minimum Gasteiger partial charge on any atom is -0.490 e. The second kappa shape index (κ2) is 7.83. The predicted molar refractivity (Wildman–Crippen MR) is 92.0 cm³/mol. The Kier molecular flexibility index (Phi) is 5.78. The Morgan fingerprint density at radius 2 is 1.92 bits per heavy atom. The molecule has 6 nitrogen and oxygen atoms in total. The van der Waals surface area contributed by atoms with Crippen LogP contribution in [0.2, 0.25) is 5.02 Å². The molecule has 0 aliphatic rings. The number of hydrogen-bond donors (Lipinski definition) is 2. The van der Waals surface area contributed by atoms with Crippen LogP contribution in [0.4, 0.5) is 10.1 Å². The number of anilines is 1. The van der Waals surface area contributed by atoms with Crippen molar-refractivity contribution in [3.63, 3.8) is 0 Å². The summed E-state index contributed by atoms with van der Waals surface area (Å²) in [4.78, 5) is 12.2. The number of amides is 1. The molecule has 1 atom stereocenters. The Balaban J connectivity index is 2.06. The van der Waals surface area contributed by atoms with Gasteiger partial charge in [0.1, 0.15) is 18.4 Å². The lowest BCUT2D eigenvalue weighted by molar-refractivity contribution is -0.135. The van der Waals surface area contributed by atoms with Crippen LogP contribution < -0.4 is 10.1 Å². The summed E-state index contributed by atoms with van der Waals surface area (Å²) in [5.41, 5.74) is -1.87. The second-order valence-corrected chi connectivity index (χ2v) is 5.93. The smallest absolute Gasteiger partial charge is 0.259 e. The summed E-state index contributed by atoms with van der Waals surface area (Å²) < 4.78 is 19.4. The van der Waals surface area contributed by atoms with E-state index < -0.39 is 29.0 Å². The van der Waals surface area contributed by atoms with E-state index in [1.165, 1.54) is 43.3 Å². The molecule has 2 aromatic carbocycles. The first kappa shape index (κ1) is 19.2. The van der Waals surface area contributed by atoms with Gasteiger partial charge in [-0.15, -0.1) is 0 Å². The first-order valence-corrected chi connectivity index (χ1v) is 7.71. The SMILES string of the molecule is C[C@](O)(COc1ccc(C#N)cc1)C(=O)Nc1ccc(C#N)c(Cl)c1F. The summed E-state index contributed by atoms with van der Waals surface area (Å²) in [5.74, 6) is -1.53. The summed E-state index contributed by atoms with van der Waals surface area (Å²) >= 11 is 5.70. The molecule has 0 saturated heterocycles. The molecule has 0 aliphatic heterocycles. The molecule has 8 heteroatoms. The molecule has 2 N–H and O–H groups in total. The lowest BCUT2D eigenvalue weighted by Crippen LogP contribution is -2.45. The zero-order valence-electron chi connectivity index (χ0n) is 13.6. The molecule has 26 heavy (non-hydrogen) atoms. The van der Waals surface area contributed by atoms with Crippen LogP contribution in [-0.2, 0) is 4.79 Å². The van der Waals surface area contributed by atoms with E-state index in [-0.39, 0.29) is 11.3 Å². The third kappa shape index (κ3) is 4.28. The van der Waals surface area contributed by atoms with Gasteiger partial charge in [0.2, 0.25) is 0 Å². The van der Waals surface area contributed by atoms with Crippen molar-refractivity contribution in [2.24, 2.45) is 0 Å². The lowest BCUT2D eigenvalue weighted by atomic mass is 10.1. The van der Waals surface area contributed by atoms with Crippen LogP contribution in [-0.4, -0.2) is 23.2 Å². The summed E-state index contributed by atoms with van der Waals surface area (Å²) in [5, 5.41) is 29.6. The fourth-order valence-corrected chi connectivity index (χ4v) is 2.11. The van der Waals surface area contributed by atoms with Gasteiger partial charge in [0.25, 0.3) is 5.91 Å². The van der Waals surface area contributed by atoms with Gasteiger partial charge in [-0.25, -0.2) is 4.39 Å². The molecular weight excluding hydrogens is 361 g/mol. The van der Waals surface area contributed by atoms with Crippen LogP contribution in [0.5, 0.6) is 5.75 Å². The Labute approximate surface area is 154 Å². The molecule has 0 bridgehead atoms. The molecule has 0 fully saturated rings. The maximum Gasteiger partial charge on any atom is 0.259 e. The standard InChI is InChI=1S/C18H13ClFN3O3/c1-18(25,10-26-13-5-2-11(8-21)3-6-13)17(24)23-14-7-4-12(9-22)15(19)16(14)20/h2-7,25H,10H2,1H3,(H,23,24)/t18-/m0/s1. The fraction of sp³-hybridized carbons (Fsp3) is 0.167. The Bertz CT molecular complexity index is 915. The highest BCUT2D eigenvalue weighted by Crippen LogP contribution is 2.27. The van der Waals surface area contributed by atoms with Gasteiger partial charge < -0.3 is 15.2 Å². The van der Waals surface area contributed by atoms with E-state index in [2.05, 4.69) is 5.32 Å². The van der Waals surface area contributed by atoms with E-state index in [4.69, 9.17) is 26.9 Å². The van der Waals surface area contributed by atoms with Gasteiger partial charge in [-0.3, -0.25) is 4.79 Å². The predicted octanol–water partition coefficient (Wildman–Crippen LogP) is 2.99. The highest BCUT2D eigenvalue weighted by atomic mass is 35.5. The lowest BCUT2D eigenvalue weighted by Gasteiger charge is -2.23. The fourth-order valence-electron chi connectivity index (χ4n) is 1.90. The van der Waals surface area contributed by atoms with Crippen LogP contribution in [0, 0.1) is 28.5 Å². The second-order valence-electron chi connectivity index (χ2n) is 5.55. The highest BCUT2D eigenvalue weighted by Gasteiger charge is 2.32. The highest BCUT2D eigenvalue weighted by molar-refractivity contribution is 6.32. The van der Waals surface area contributed by atoms with Crippen LogP contribution in [0.25, 0.3) is 0 Å². The quantitative estimate of drug-likeness (QED) is 0.837. The number of nitriles is 2. The molecule has 132 valence electrons. The van der Waals surface area contributed by atoms with Crippen molar-refractivity contribution in [1.29, 1.82) is 10.5 Å². The van der Waals surface area contributed by atoms with Crippen molar-refractivity contribution in [3.8, 4) is 17.9 Å². The molecule has 2 aromatic rings. The normalized spacial score (nSPS) is 12.4. The van der Waals surface area contributed by atoms with Gasteiger partial charge >= 0.3 is 0 Å². The van der Waals surface area contributed by atoms with Crippen molar-refractivity contribution in [2.75, 3.05) is 11.9 Å². The van der Waals surface area contributed by atoms with E-state index in [1.54, 1.807) is 6.07 Å². The number of carbonyl (C=O) groups is 1. The molecule has 0 aromatic heterocycles. The minimum atomic E-state index is -1.97. The zero-order valence-corrected chi connectivity index (χ0v) is 14.3. The molecular formula is C18H13ClFN3O3. The van der Waals surface area contributed by atoms with Crippen molar-refractivity contribution in [3.05, 3.63) is 58.4 Å². The number of nitrogens with zero attached hydrogens (tertiary/aromatic N) is 2. The third-order valence-electron chi connectivity index (χ3n) is 3.44. The molecule has 0 radical (unpaired) electrons. The van der Waals surface area contributed by atoms with Crippen molar-refractivity contribution in [2.45, 2.75) is 12.5 Å². The van der Waals surface area contributed by atoms with E-state index in [0.29, 0.717) is 11.3 Å². The average Bonchev–Trinajstić information content (AvgIpc) is 2.64. The van der Waals surface area contributed by atoms with Crippen LogP contribution in [0.15, 0.2) is 36.4 Å². The van der Waals surface area contributed by atoms with Gasteiger partial charge in [0.05, 0.1) is 27.9 Å². The van der Waals surface area contributed by atoms with Gasteiger partial charge in [-0.2, -0.15) is 10.5 Å². The first-order valence-electron chi connectivity index (χ1n) is 7.33. The van der Waals surface area contributed by atoms with E-state index in [1.807, 2.05) is 6.07 Å². The number of hydrogen-bond acceptors (Lipinski definition) is 5. The van der Waals surface area contributed by atoms with E-state index >= 15 is 0 Å². The number of carbonyl (C=O) groups excluding carboxylic acids is 1. The van der Waals surface area contributed by atoms with Gasteiger partial charge in [0.15, 0.2) is 11.4 Å². The largest absolute Gasteiger partial charge is 0.490 e. The van der Waals surface area contributed by atoms with Crippen molar-refractivity contribution >= 4 is 23.2 Å². The molecule has 0 unspecified atom stereocenters. The molecule has 2 rings (SSSR count). The van der Waals surface area contributed by atoms with Crippen LogP contribution in [0.3, 0.4) is 0 Å². The summed E-state index contributed by atoms with van der Waals surface area (Å²) in [6.45, 7) is 0.797. The molecule has 0 saturated carbocycles. The monoisotopic (exact) mass is 373 g/mol. The number of halogens is 2. The Morgan fingerprint density at radius 3 is 2.50 bits per heavy atom. The van der Waals surface area contributed by atoms with Crippen molar-refractivity contribution < 1.29 is 19.0 Å². The maximum absolute atomic E-state index is 14.1. The van der Waals surface area contributed by atoms with E-state index in [0.717, 1.165) is 0 Å². The molecule has 0 aliphatic carbocycles. The summed E-state index contributed by atoms with van der Waals surface area (Å²) in [6, 6.07) is 12.2. The summed E-state index contributed by atoms with van der Waals surface area (Å²) in [6.07, 6.45) is 0. The average molecular weight is 374 g/mol. The zero-order chi connectivity index (χ0) is 19.3. The van der Waals surface area contributed by atoms with Crippen LogP contribution in [0.1, 0.15) is 18.1 Å². The number of nitrogens with one attached hydrogen (secondary N) is 1. The molecule has 0 heterocycles. The number of aliphatic hydroxyl groups is 1. The van der Waals surface area contributed by atoms with Gasteiger partial charge in [-0.1, -0.05) is 11.6 Å². The Hall–Kier alpha value is -3.13. The number of ether oxygens (including phenoxy) is 1.